The number of halogens is 1. The maximum atomic E-state index is 13.6. The Hall–Kier alpha value is -3.98. The molecule has 4 aromatic rings. The molecule has 2 heterocycles. The number of nitrogens with zero attached hydrogens (tertiary/aromatic N) is 3. The van der Waals surface area contributed by atoms with Gasteiger partial charge in [-0.2, -0.15) is 5.10 Å². The van der Waals surface area contributed by atoms with E-state index in [9.17, 15) is 9.18 Å². The van der Waals surface area contributed by atoms with Crippen LogP contribution in [0.5, 0.6) is 5.75 Å². The first-order valence-electron chi connectivity index (χ1n) is 9.13. The molecular weight excluding hydrogens is 387 g/mol. The maximum Gasteiger partial charge on any atom is 0.265 e. The Bertz CT molecular complexity index is 1230. The first-order chi connectivity index (χ1) is 14.5. The molecule has 0 aliphatic carbocycles. The third-order valence-corrected chi connectivity index (χ3v) is 4.68. The molecule has 0 bridgehead atoms. The molecule has 4 rings (SSSR count). The van der Waals surface area contributed by atoms with E-state index >= 15 is 0 Å². The third kappa shape index (κ3) is 3.65. The van der Waals surface area contributed by atoms with E-state index < -0.39 is 12.0 Å². The zero-order valence-corrected chi connectivity index (χ0v) is 16.0. The van der Waals surface area contributed by atoms with Crippen molar-refractivity contribution < 1.29 is 13.9 Å². The number of rotatable bonds is 5. The predicted octanol–water partition coefficient (Wildman–Crippen LogP) is 2.89. The van der Waals surface area contributed by atoms with Gasteiger partial charge in [-0.1, -0.05) is 0 Å². The van der Waals surface area contributed by atoms with Gasteiger partial charge in [0, 0.05) is 28.9 Å². The second kappa shape index (κ2) is 7.80. The summed E-state index contributed by atoms with van der Waals surface area (Å²) in [4.78, 5) is 16.3. The van der Waals surface area contributed by atoms with Crippen LogP contribution in [0.2, 0.25) is 0 Å². The Morgan fingerprint density at radius 2 is 2.07 bits per heavy atom. The first kappa shape index (κ1) is 19.3. The zero-order valence-electron chi connectivity index (χ0n) is 16.0. The summed E-state index contributed by atoms with van der Waals surface area (Å²) in [5.41, 5.74) is 10.5. The summed E-state index contributed by atoms with van der Waals surface area (Å²) in [7, 11) is 0. The Kier molecular flexibility index (Phi) is 5.03. The van der Waals surface area contributed by atoms with Gasteiger partial charge in [0.2, 0.25) is 0 Å². The minimum Gasteiger partial charge on any atom is -0.482 e. The predicted molar refractivity (Wildman–Crippen MR) is 110 cm³/mol. The van der Waals surface area contributed by atoms with Crippen molar-refractivity contribution in [3.05, 3.63) is 77.9 Å². The average molecular weight is 406 g/mol. The summed E-state index contributed by atoms with van der Waals surface area (Å²) in [5.74, 6) is 4.94. The molecule has 2 aromatic carbocycles. The second-order valence-corrected chi connectivity index (χ2v) is 6.67. The van der Waals surface area contributed by atoms with E-state index in [4.69, 9.17) is 16.3 Å². The number of aromatic nitrogens is 3. The van der Waals surface area contributed by atoms with Crippen LogP contribution >= 0.6 is 0 Å². The number of pyridine rings is 1. The second-order valence-electron chi connectivity index (χ2n) is 6.67. The molecule has 0 fully saturated rings. The molecule has 0 radical (unpaired) electrons. The highest BCUT2D eigenvalue weighted by molar-refractivity contribution is 5.94. The molecule has 1 atom stereocenters. The molecule has 152 valence electrons. The van der Waals surface area contributed by atoms with Gasteiger partial charge in [-0.25, -0.2) is 19.9 Å². The lowest BCUT2D eigenvalue weighted by atomic mass is 10.0. The van der Waals surface area contributed by atoms with E-state index in [1.54, 1.807) is 53.5 Å². The van der Waals surface area contributed by atoms with Crippen molar-refractivity contribution in [2.75, 3.05) is 5.73 Å². The minimum absolute atomic E-state index is 0.178. The van der Waals surface area contributed by atoms with Gasteiger partial charge in [-0.05, 0) is 55.5 Å². The Morgan fingerprint density at radius 3 is 2.80 bits per heavy atom. The van der Waals surface area contributed by atoms with Gasteiger partial charge in [0.15, 0.2) is 11.6 Å². The fraction of sp³-hybridized carbons (Fsp3) is 0.0952. The molecular formula is C21H19FN6O2. The highest BCUT2D eigenvalue weighted by atomic mass is 19.1. The van der Waals surface area contributed by atoms with E-state index in [-0.39, 0.29) is 11.6 Å². The van der Waals surface area contributed by atoms with Gasteiger partial charge >= 0.3 is 0 Å². The Balaban J connectivity index is 1.75. The van der Waals surface area contributed by atoms with Crippen molar-refractivity contribution in [1.82, 2.24) is 20.2 Å². The van der Waals surface area contributed by atoms with Crippen molar-refractivity contribution in [1.29, 1.82) is 0 Å². The number of amides is 1. The van der Waals surface area contributed by atoms with Crippen molar-refractivity contribution in [3.8, 4) is 11.4 Å². The number of hydrazine groups is 1. The summed E-state index contributed by atoms with van der Waals surface area (Å²) in [6, 6.07) is 12.7. The van der Waals surface area contributed by atoms with Crippen LogP contribution in [-0.4, -0.2) is 20.7 Å². The summed E-state index contributed by atoms with van der Waals surface area (Å²) in [5, 5.41) is 4.82. The monoisotopic (exact) mass is 406 g/mol. The minimum atomic E-state index is -0.537. The van der Waals surface area contributed by atoms with Gasteiger partial charge in [0.1, 0.15) is 11.9 Å². The number of fused-ring (bicyclic) bond motifs is 1. The number of carbonyl (C=O) groups is 1. The summed E-state index contributed by atoms with van der Waals surface area (Å²) < 4.78 is 21.3. The molecule has 2 aromatic heterocycles. The van der Waals surface area contributed by atoms with E-state index in [1.807, 2.05) is 6.92 Å². The highest BCUT2D eigenvalue weighted by Gasteiger charge is 2.19. The quantitative estimate of drug-likeness (QED) is 0.266. The number of hydrogen-bond acceptors (Lipinski definition) is 6. The number of ether oxygens (including phenoxy) is 1. The first-order valence-corrected chi connectivity index (χ1v) is 9.13. The van der Waals surface area contributed by atoms with E-state index in [0.29, 0.717) is 27.8 Å². The molecule has 0 aliphatic heterocycles. The molecule has 0 aliphatic rings. The number of carbonyl (C=O) groups excluding carboxylic acids is 1. The van der Waals surface area contributed by atoms with E-state index in [1.165, 1.54) is 12.1 Å². The number of nitrogens with one attached hydrogen (secondary N) is 1. The van der Waals surface area contributed by atoms with Crippen LogP contribution in [0.1, 0.15) is 28.9 Å². The molecule has 30 heavy (non-hydrogen) atoms. The fourth-order valence-electron chi connectivity index (χ4n) is 3.22. The van der Waals surface area contributed by atoms with Crippen LogP contribution in [-0.2, 0) is 0 Å². The van der Waals surface area contributed by atoms with Crippen LogP contribution in [0.4, 0.5) is 10.2 Å². The number of nitrogen functional groups attached to an aromatic ring is 2. The lowest BCUT2D eigenvalue weighted by molar-refractivity contribution is 0.0953. The van der Waals surface area contributed by atoms with Crippen molar-refractivity contribution >= 4 is 22.6 Å². The van der Waals surface area contributed by atoms with Gasteiger partial charge < -0.3 is 10.5 Å². The molecule has 5 N–H and O–H groups in total. The van der Waals surface area contributed by atoms with E-state index in [0.717, 1.165) is 5.69 Å². The normalized spacial score (nSPS) is 12.0. The van der Waals surface area contributed by atoms with Gasteiger partial charge in [-0.3, -0.25) is 10.2 Å². The zero-order chi connectivity index (χ0) is 21.3. The Labute approximate surface area is 171 Å². The topological polar surface area (TPSA) is 121 Å². The summed E-state index contributed by atoms with van der Waals surface area (Å²) >= 11 is 0. The van der Waals surface area contributed by atoms with Gasteiger partial charge in [0.25, 0.3) is 5.91 Å². The smallest absolute Gasteiger partial charge is 0.265 e. The van der Waals surface area contributed by atoms with Crippen molar-refractivity contribution in [2.45, 2.75) is 13.0 Å². The van der Waals surface area contributed by atoms with Crippen LogP contribution in [0.3, 0.4) is 0 Å². The molecule has 0 saturated heterocycles. The van der Waals surface area contributed by atoms with Crippen molar-refractivity contribution in [3.63, 3.8) is 0 Å². The molecule has 1 unspecified atom stereocenters. The molecule has 9 heteroatoms. The molecule has 0 spiro atoms. The highest BCUT2D eigenvalue weighted by Crippen LogP contribution is 2.32. The molecule has 0 saturated carbocycles. The SMILES string of the molecule is CC(Oc1cc2cc(F)ccc2nc1N)c1cc(C(=O)NN)ccc1-n1cccn1. The van der Waals surface area contributed by atoms with Gasteiger partial charge in [0.05, 0.1) is 11.2 Å². The number of benzene rings is 2. The van der Waals surface area contributed by atoms with Gasteiger partial charge in [-0.15, -0.1) is 0 Å². The number of nitrogens with two attached hydrogens (primary N) is 2. The average Bonchev–Trinajstić information content (AvgIpc) is 3.28. The van der Waals surface area contributed by atoms with E-state index in [2.05, 4.69) is 15.5 Å². The standard InChI is InChI=1S/C21H19FN6O2/c1-12(30-19-11-14-9-15(22)4-5-17(14)26-20(19)23)16-10-13(21(29)27-24)3-6-18(16)28-8-2-7-25-28/h2-12H,24H2,1H3,(H2,23,26)(H,27,29). The number of hydrogen-bond donors (Lipinski definition) is 3. The molecule has 1 amide bonds. The number of anilines is 1. The maximum absolute atomic E-state index is 13.6. The van der Waals surface area contributed by atoms with Crippen LogP contribution in [0.15, 0.2) is 60.9 Å². The lowest BCUT2D eigenvalue weighted by Gasteiger charge is -2.20. The largest absolute Gasteiger partial charge is 0.482 e. The van der Waals surface area contributed by atoms with Crippen molar-refractivity contribution in [2.24, 2.45) is 5.84 Å². The van der Waals surface area contributed by atoms with Crippen LogP contribution < -0.4 is 21.7 Å². The third-order valence-electron chi connectivity index (χ3n) is 4.68. The lowest BCUT2D eigenvalue weighted by Crippen LogP contribution is -2.30. The summed E-state index contributed by atoms with van der Waals surface area (Å²) in [6.45, 7) is 1.81. The summed E-state index contributed by atoms with van der Waals surface area (Å²) in [6.07, 6.45) is 2.89. The van der Waals surface area contributed by atoms with Crippen LogP contribution in [0, 0.1) is 5.82 Å². The van der Waals surface area contributed by atoms with Crippen LogP contribution in [0.25, 0.3) is 16.6 Å². The molecule has 8 nitrogen and oxygen atoms in total. The fourth-order valence-corrected chi connectivity index (χ4v) is 3.22. The Morgan fingerprint density at radius 1 is 1.23 bits per heavy atom.